The molecule has 1 aliphatic rings. The number of allylic oxidation sites excluding steroid dienone is 1. The number of aromatic hydroxyl groups is 2. The molecule has 0 fully saturated rings. The van der Waals surface area contributed by atoms with Gasteiger partial charge in [0.05, 0.1) is 0 Å². The normalized spacial score (nSPS) is 12.2. The van der Waals surface area contributed by atoms with Crippen molar-refractivity contribution >= 4 is 11.9 Å². The van der Waals surface area contributed by atoms with Gasteiger partial charge in [-0.2, -0.15) is 0 Å². The summed E-state index contributed by atoms with van der Waals surface area (Å²) in [5.41, 5.74) is 6.13. The lowest BCUT2D eigenvalue weighted by Crippen LogP contribution is -1.95. The lowest BCUT2D eigenvalue weighted by molar-refractivity contribution is 0.104. The lowest BCUT2D eigenvalue weighted by Gasteiger charge is -2.03. The Morgan fingerprint density at radius 3 is 2.48 bits per heavy atom. The molecule has 3 aromatic carbocycles. The Hall–Kier alpha value is -3.33. The maximum absolute atomic E-state index is 12.5. The smallest absolute Gasteiger partial charge is 0.185 e. The summed E-state index contributed by atoms with van der Waals surface area (Å²) in [4.78, 5) is 12.5. The van der Waals surface area contributed by atoms with Crippen LogP contribution < -0.4 is 0 Å². The van der Waals surface area contributed by atoms with E-state index in [1.807, 2.05) is 30.3 Å². The highest BCUT2D eigenvalue weighted by Gasteiger charge is 2.18. The molecule has 0 aliphatic heterocycles. The third-order valence-corrected chi connectivity index (χ3v) is 4.51. The summed E-state index contributed by atoms with van der Waals surface area (Å²) >= 11 is 0. The van der Waals surface area contributed by atoms with Crippen LogP contribution in [0.25, 0.3) is 17.2 Å². The van der Waals surface area contributed by atoms with E-state index in [1.165, 1.54) is 34.9 Å². The summed E-state index contributed by atoms with van der Waals surface area (Å²) in [5.74, 6) is -0.482. The van der Waals surface area contributed by atoms with Gasteiger partial charge in [0.25, 0.3) is 0 Å². The molecule has 3 nitrogen and oxygen atoms in total. The highest BCUT2D eigenvalue weighted by Crippen LogP contribution is 2.37. The van der Waals surface area contributed by atoms with Crippen LogP contribution in [0.15, 0.2) is 66.7 Å². The SMILES string of the molecule is O=C(C=Cc1ccc(O)c(O)c1)c1ccc2c(c1)-c1ccccc1C2. The van der Waals surface area contributed by atoms with Gasteiger partial charge in [0.2, 0.25) is 0 Å². The van der Waals surface area contributed by atoms with Gasteiger partial charge in [-0.1, -0.05) is 48.5 Å². The van der Waals surface area contributed by atoms with E-state index >= 15 is 0 Å². The predicted octanol–water partition coefficient (Wildman–Crippen LogP) is 4.57. The average molecular weight is 328 g/mol. The maximum Gasteiger partial charge on any atom is 0.185 e. The average Bonchev–Trinajstić information content (AvgIpc) is 3.00. The quantitative estimate of drug-likeness (QED) is 0.329. The first-order valence-electron chi connectivity index (χ1n) is 8.07. The zero-order valence-electron chi connectivity index (χ0n) is 13.4. The molecular weight excluding hydrogens is 312 g/mol. The Bertz CT molecular complexity index is 1020. The predicted molar refractivity (Wildman–Crippen MR) is 97.8 cm³/mol. The minimum atomic E-state index is -0.205. The first kappa shape index (κ1) is 15.2. The van der Waals surface area contributed by atoms with Crippen LogP contribution in [-0.2, 0) is 6.42 Å². The topological polar surface area (TPSA) is 57.5 Å². The summed E-state index contributed by atoms with van der Waals surface area (Å²) in [6.07, 6.45) is 4.01. The van der Waals surface area contributed by atoms with Gasteiger partial charge in [-0.05, 0) is 58.5 Å². The van der Waals surface area contributed by atoms with E-state index in [1.54, 1.807) is 12.1 Å². The number of phenols is 2. The number of phenolic OH excluding ortho intramolecular Hbond substituents is 2. The molecule has 2 N–H and O–H groups in total. The highest BCUT2D eigenvalue weighted by atomic mass is 16.3. The molecule has 0 aromatic heterocycles. The molecule has 0 bridgehead atoms. The van der Waals surface area contributed by atoms with Crippen LogP contribution in [0.4, 0.5) is 0 Å². The number of ketones is 1. The standard InChI is InChI=1S/C22H16O3/c23-20(9-5-14-6-10-21(24)22(25)11-14)17-8-7-16-12-15-3-1-2-4-18(15)19(16)13-17/h1-11,13,24-25H,12H2. The minimum absolute atomic E-state index is 0.0975. The van der Waals surface area contributed by atoms with E-state index in [4.69, 9.17) is 0 Å². The van der Waals surface area contributed by atoms with Crippen molar-refractivity contribution in [2.45, 2.75) is 6.42 Å². The summed E-state index contributed by atoms with van der Waals surface area (Å²) in [6.45, 7) is 0. The molecule has 3 aromatic rings. The molecule has 0 atom stereocenters. The summed E-state index contributed by atoms with van der Waals surface area (Å²) < 4.78 is 0. The van der Waals surface area contributed by atoms with Crippen LogP contribution in [0.1, 0.15) is 27.0 Å². The number of benzene rings is 3. The molecule has 1 aliphatic carbocycles. The van der Waals surface area contributed by atoms with Gasteiger partial charge in [-0.15, -0.1) is 0 Å². The Morgan fingerprint density at radius 2 is 1.64 bits per heavy atom. The largest absolute Gasteiger partial charge is 0.504 e. The number of carbonyl (C=O) groups excluding carboxylic acids is 1. The minimum Gasteiger partial charge on any atom is -0.504 e. The van der Waals surface area contributed by atoms with Crippen molar-refractivity contribution in [3.8, 4) is 22.6 Å². The first-order valence-corrected chi connectivity index (χ1v) is 8.07. The second-order valence-electron chi connectivity index (χ2n) is 6.15. The van der Waals surface area contributed by atoms with Crippen molar-refractivity contribution in [1.29, 1.82) is 0 Å². The number of carbonyl (C=O) groups is 1. The van der Waals surface area contributed by atoms with Crippen LogP contribution >= 0.6 is 0 Å². The zero-order valence-corrected chi connectivity index (χ0v) is 13.4. The third-order valence-electron chi connectivity index (χ3n) is 4.51. The van der Waals surface area contributed by atoms with E-state index in [-0.39, 0.29) is 17.3 Å². The summed E-state index contributed by atoms with van der Waals surface area (Å²) in [5, 5.41) is 18.8. The van der Waals surface area contributed by atoms with Gasteiger partial charge in [0.1, 0.15) is 0 Å². The molecule has 0 unspecified atom stereocenters. The van der Waals surface area contributed by atoms with Gasteiger partial charge in [-0.3, -0.25) is 4.79 Å². The van der Waals surface area contributed by atoms with Gasteiger partial charge in [-0.25, -0.2) is 0 Å². The number of rotatable bonds is 3. The maximum atomic E-state index is 12.5. The molecule has 0 saturated heterocycles. The molecule has 3 heteroatoms. The zero-order chi connectivity index (χ0) is 17.4. The van der Waals surface area contributed by atoms with Crippen molar-refractivity contribution in [3.63, 3.8) is 0 Å². The molecular formula is C22H16O3. The highest BCUT2D eigenvalue weighted by molar-refractivity contribution is 6.07. The molecule has 0 heterocycles. The molecule has 0 radical (unpaired) electrons. The Labute approximate surface area is 145 Å². The van der Waals surface area contributed by atoms with Crippen molar-refractivity contribution in [2.75, 3.05) is 0 Å². The molecule has 0 spiro atoms. The van der Waals surface area contributed by atoms with E-state index in [9.17, 15) is 15.0 Å². The molecule has 0 saturated carbocycles. The van der Waals surface area contributed by atoms with E-state index in [0.29, 0.717) is 11.1 Å². The number of fused-ring (bicyclic) bond motifs is 3. The van der Waals surface area contributed by atoms with E-state index in [2.05, 4.69) is 12.1 Å². The second kappa shape index (κ2) is 5.95. The van der Waals surface area contributed by atoms with Crippen molar-refractivity contribution in [3.05, 3.63) is 89.0 Å². The van der Waals surface area contributed by atoms with Crippen LogP contribution in [-0.4, -0.2) is 16.0 Å². The molecule has 4 rings (SSSR count). The monoisotopic (exact) mass is 328 g/mol. The van der Waals surface area contributed by atoms with Gasteiger partial charge < -0.3 is 10.2 Å². The number of hydrogen-bond acceptors (Lipinski definition) is 3. The fourth-order valence-electron chi connectivity index (χ4n) is 3.19. The van der Waals surface area contributed by atoms with Crippen LogP contribution in [0.3, 0.4) is 0 Å². The summed E-state index contributed by atoms with van der Waals surface area (Å²) in [6, 6.07) is 18.5. The fraction of sp³-hybridized carbons (Fsp3) is 0.0455. The lowest BCUT2D eigenvalue weighted by atomic mass is 10.0. The van der Waals surface area contributed by atoms with Crippen molar-refractivity contribution in [1.82, 2.24) is 0 Å². The number of hydrogen-bond donors (Lipinski definition) is 2. The van der Waals surface area contributed by atoms with Gasteiger partial charge >= 0.3 is 0 Å². The second-order valence-corrected chi connectivity index (χ2v) is 6.15. The summed E-state index contributed by atoms with van der Waals surface area (Å²) in [7, 11) is 0. The van der Waals surface area contributed by atoms with E-state index < -0.39 is 0 Å². The van der Waals surface area contributed by atoms with Gasteiger partial charge in [0.15, 0.2) is 17.3 Å². The molecule has 122 valence electrons. The van der Waals surface area contributed by atoms with Crippen LogP contribution in [0.2, 0.25) is 0 Å². The van der Waals surface area contributed by atoms with Crippen LogP contribution in [0, 0.1) is 0 Å². The third kappa shape index (κ3) is 2.81. The van der Waals surface area contributed by atoms with Crippen LogP contribution in [0.5, 0.6) is 11.5 Å². The van der Waals surface area contributed by atoms with Gasteiger partial charge in [0, 0.05) is 5.56 Å². The first-order chi connectivity index (χ1) is 12.1. The molecule has 0 amide bonds. The fourth-order valence-corrected chi connectivity index (χ4v) is 3.19. The van der Waals surface area contributed by atoms with Crippen molar-refractivity contribution < 1.29 is 15.0 Å². The molecule has 25 heavy (non-hydrogen) atoms. The van der Waals surface area contributed by atoms with E-state index in [0.717, 1.165) is 12.0 Å². The van der Waals surface area contributed by atoms with Crippen molar-refractivity contribution in [2.24, 2.45) is 0 Å². The Balaban J connectivity index is 1.62. The Morgan fingerprint density at radius 1 is 0.840 bits per heavy atom. The Kier molecular flexibility index (Phi) is 3.62.